The summed E-state index contributed by atoms with van der Waals surface area (Å²) in [5.74, 6) is -4.21. The Hall–Kier alpha value is -2.30. The Labute approximate surface area is 113 Å². The van der Waals surface area contributed by atoms with Crippen LogP contribution in [0.3, 0.4) is 0 Å². The molecule has 20 heavy (non-hydrogen) atoms. The molecule has 0 bridgehead atoms. The molecule has 0 atom stereocenters. The zero-order valence-corrected chi connectivity index (χ0v) is 10.6. The molecule has 0 N–H and O–H groups in total. The van der Waals surface area contributed by atoms with Gasteiger partial charge in [-0.15, -0.1) is 0 Å². The van der Waals surface area contributed by atoms with Crippen LogP contribution < -0.4 is 4.74 Å². The van der Waals surface area contributed by atoms with Crippen molar-refractivity contribution in [3.05, 3.63) is 65.0 Å². The fourth-order valence-corrected chi connectivity index (χ4v) is 1.83. The van der Waals surface area contributed by atoms with E-state index in [1.807, 2.05) is 0 Å². The normalized spacial score (nSPS) is 10.4. The molecule has 2 aromatic rings. The van der Waals surface area contributed by atoms with E-state index in [9.17, 15) is 18.0 Å². The summed E-state index contributed by atoms with van der Waals surface area (Å²) in [5, 5.41) is 0. The minimum absolute atomic E-state index is 0.0266. The zero-order chi connectivity index (χ0) is 14.7. The smallest absolute Gasteiger partial charge is 0.202 e. The van der Waals surface area contributed by atoms with Gasteiger partial charge in [0.1, 0.15) is 23.2 Å². The summed E-state index contributed by atoms with van der Waals surface area (Å²) in [4.78, 5) is 12.2. The van der Waals surface area contributed by atoms with E-state index < -0.39 is 28.8 Å². The molecular formula is C15H11F3O2. The fraction of sp³-hybridized carbons (Fsp3) is 0.133. The molecule has 2 nitrogen and oxygen atoms in total. The molecular weight excluding hydrogens is 269 g/mol. The number of ketones is 1. The molecule has 0 aliphatic rings. The van der Waals surface area contributed by atoms with E-state index in [-0.39, 0.29) is 11.3 Å². The molecule has 0 saturated heterocycles. The van der Waals surface area contributed by atoms with E-state index in [1.54, 1.807) is 19.1 Å². The summed E-state index contributed by atoms with van der Waals surface area (Å²) in [5.41, 5.74) is -0.766. The molecule has 0 aliphatic heterocycles. The standard InChI is InChI=1S/C15H11F3O2/c1-2-20-13-6-4-3-5-10(13)15(19)14-11(17)7-9(16)8-12(14)18/h3-8H,2H2,1H3. The fourth-order valence-electron chi connectivity index (χ4n) is 1.83. The van der Waals surface area contributed by atoms with Gasteiger partial charge in [0.2, 0.25) is 5.78 Å². The molecule has 0 amide bonds. The first-order valence-corrected chi connectivity index (χ1v) is 5.95. The number of para-hydroxylation sites is 1. The number of carbonyl (C=O) groups is 1. The lowest BCUT2D eigenvalue weighted by Crippen LogP contribution is -2.10. The topological polar surface area (TPSA) is 26.3 Å². The number of carbonyl (C=O) groups excluding carboxylic acids is 1. The van der Waals surface area contributed by atoms with E-state index in [4.69, 9.17) is 4.74 Å². The van der Waals surface area contributed by atoms with Crippen molar-refractivity contribution in [3.63, 3.8) is 0 Å². The molecule has 0 fully saturated rings. The van der Waals surface area contributed by atoms with Gasteiger partial charge in [-0.05, 0) is 19.1 Å². The molecule has 104 valence electrons. The second-order valence-corrected chi connectivity index (χ2v) is 4.00. The van der Waals surface area contributed by atoms with Gasteiger partial charge in [-0.25, -0.2) is 13.2 Å². The number of hydrogen-bond donors (Lipinski definition) is 0. The van der Waals surface area contributed by atoms with Crippen molar-refractivity contribution in [3.8, 4) is 5.75 Å². The minimum Gasteiger partial charge on any atom is -0.493 e. The average Bonchev–Trinajstić information content (AvgIpc) is 2.38. The molecule has 2 rings (SSSR count). The summed E-state index contributed by atoms with van der Waals surface area (Å²) in [6, 6.07) is 7.05. The Morgan fingerprint density at radius 2 is 1.70 bits per heavy atom. The molecule has 0 saturated carbocycles. The lowest BCUT2D eigenvalue weighted by Gasteiger charge is -2.10. The summed E-state index contributed by atoms with van der Waals surface area (Å²) in [7, 11) is 0. The molecule has 2 aromatic carbocycles. The second kappa shape index (κ2) is 5.77. The number of halogens is 3. The highest BCUT2D eigenvalue weighted by molar-refractivity contribution is 6.11. The van der Waals surface area contributed by atoms with E-state index in [1.165, 1.54) is 12.1 Å². The highest BCUT2D eigenvalue weighted by atomic mass is 19.1. The van der Waals surface area contributed by atoms with Crippen LogP contribution in [-0.4, -0.2) is 12.4 Å². The van der Waals surface area contributed by atoms with E-state index in [0.29, 0.717) is 18.7 Å². The maximum atomic E-state index is 13.6. The second-order valence-electron chi connectivity index (χ2n) is 4.00. The molecule has 0 spiro atoms. The third kappa shape index (κ3) is 2.66. The van der Waals surface area contributed by atoms with Crippen molar-refractivity contribution < 1.29 is 22.7 Å². The highest BCUT2D eigenvalue weighted by Crippen LogP contribution is 2.24. The first-order chi connectivity index (χ1) is 9.54. The molecule has 0 aromatic heterocycles. The molecule has 0 radical (unpaired) electrons. The van der Waals surface area contributed by atoms with Crippen LogP contribution in [0.25, 0.3) is 0 Å². The van der Waals surface area contributed by atoms with Gasteiger partial charge in [0.15, 0.2) is 0 Å². The summed E-state index contributed by atoms with van der Waals surface area (Å²) < 4.78 is 45.3. The highest BCUT2D eigenvalue weighted by Gasteiger charge is 2.22. The van der Waals surface area contributed by atoms with Crippen molar-refractivity contribution in [1.82, 2.24) is 0 Å². The van der Waals surface area contributed by atoms with Crippen molar-refractivity contribution in [2.45, 2.75) is 6.92 Å². The van der Waals surface area contributed by atoms with Gasteiger partial charge in [-0.3, -0.25) is 4.79 Å². The van der Waals surface area contributed by atoms with Crippen LogP contribution >= 0.6 is 0 Å². The van der Waals surface area contributed by atoms with Crippen LogP contribution in [0.5, 0.6) is 5.75 Å². The quantitative estimate of drug-likeness (QED) is 0.798. The Morgan fingerprint density at radius 3 is 2.30 bits per heavy atom. The largest absolute Gasteiger partial charge is 0.493 e. The van der Waals surface area contributed by atoms with Gasteiger partial charge in [0.25, 0.3) is 0 Å². The summed E-state index contributed by atoms with van der Waals surface area (Å²) in [6.45, 7) is 2.03. The lowest BCUT2D eigenvalue weighted by atomic mass is 10.0. The molecule has 0 aliphatic carbocycles. The lowest BCUT2D eigenvalue weighted by molar-refractivity contribution is 0.102. The Morgan fingerprint density at radius 1 is 1.10 bits per heavy atom. The van der Waals surface area contributed by atoms with E-state index >= 15 is 0 Å². The van der Waals surface area contributed by atoms with Crippen LogP contribution in [0.2, 0.25) is 0 Å². The summed E-state index contributed by atoms with van der Waals surface area (Å²) >= 11 is 0. The van der Waals surface area contributed by atoms with Gasteiger partial charge >= 0.3 is 0 Å². The number of rotatable bonds is 4. The van der Waals surface area contributed by atoms with Gasteiger partial charge in [-0.2, -0.15) is 0 Å². The van der Waals surface area contributed by atoms with Crippen LogP contribution in [0.15, 0.2) is 36.4 Å². The van der Waals surface area contributed by atoms with Crippen LogP contribution in [0.1, 0.15) is 22.8 Å². The van der Waals surface area contributed by atoms with Crippen molar-refractivity contribution in [2.75, 3.05) is 6.61 Å². The van der Waals surface area contributed by atoms with Crippen LogP contribution in [-0.2, 0) is 0 Å². The molecule has 0 unspecified atom stereocenters. The molecule has 5 heteroatoms. The maximum Gasteiger partial charge on any atom is 0.202 e. The number of hydrogen-bond acceptors (Lipinski definition) is 2. The van der Waals surface area contributed by atoms with Gasteiger partial charge in [0.05, 0.1) is 17.7 Å². The third-order valence-electron chi connectivity index (χ3n) is 2.67. The minimum atomic E-state index is -1.24. The van der Waals surface area contributed by atoms with Crippen LogP contribution in [0, 0.1) is 17.5 Å². The monoisotopic (exact) mass is 280 g/mol. The van der Waals surface area contributed by atoms with Crippen molar-refractivity contribution in [1.29, 1.82) is 0 Å². The van der Waals surface area contributed by atoms with Gasteiger partial charge < -0.3 is 4.74 Å². The Kier molecular flexibility index (Phi) is 4.08. The van der Waals surface area contributed by atoms with E-state index in [2.05, 4.69) is 0 Å². The molecule has 0 heterocycles. The van der Waals surface area contributed by atoms with Gasteiger partial charge in [0, 0.05) is 12.1 Å². The van der Waals surface area contributed by atoms with E-state index in [0.717, 1.165) is 0 Å². The predicted octanol–water partition coefficient (Wildman–Crippen LogP) is 3.73. The number of benzene rings is 2. The van der Waals surface area contributed by atoms with Gasteiger partial charge in [-0.1, -0.05) is 12.1 Å². The predicted molar refractivity (Wildman–Crippen MR) is 67.4 cm³/mol. The SMILES string of the molecule is CCOc1ccccc1C(=O)c1c(F)cc(F)cc1F. The van der Waals surface area contributed by atoms with Crippen molar-refractivity contribution in [2.24, 2.45) is 0 Å². The third-order valence-corrected chi connectivity index (χ3v) is 2.67. The number of ether oxygens (including phenoxy) is 1. The zero-order valence-electron chi connectivity index (χ0n) is 10.6. The Balaban J connectivity index is 2.52. The summed E-state index contributed by atoms with van der Waals surface area (Å²) in [6.07, 6.45) is 0. The maximum absolute atomic E-state index is 13.6. The Bertz CT molecular complexity index is 630. The first kappa shape index (κ1) is 14.1. The first-order valence-electron chi connectivity index (χ1n) is 5.95. The van der Waals surface area contributed by atoms with Crippen LogP contribution in [0.4, 0.5) is 13.2 Å². The van der Waals surface area contributed by atoms with Crippen molar-refractivity contribution >= 4 is 5.78 Å². The average molecular weight is 280 g/mol.